The molecule has 0 fully saturated rings. The highest BCUT2D eigenvalue weighted by Crippen LogP contribution is 2.32. The first-order chi connectivity index (χ1) is 15.9. The van der Waals surface area contributed by atoms with E-state index < -0.39 is 5.97 Å². The van der Waals surface area contributed by atoms with Crippen molar-refractivity contribution < 1.29 is 19.4 Å². The summed E-state index contributed by atoms with van der Waals surface area (Å²) in [6, 6.07) is 18.0. The van der Waals surface area contributed by atoms with Crippen LogP contribution in [-0.4, -0.2) is 61.6 Å². The highest BCUT2D eigenvalue weighted by Gasteiger charge is 2.27. The number of thiophene rings is 1. The van der Waals surface area contributed by atoms with Crippen LogP contribution < -0.4 is 4.90 Å². The fraction of sp³-hybridized carbons (Fsp3) is 0.240. The number of hydrogen-bond donors (Lipinski definition) is 1. The van der Waals surface area contributed by atoms with Gasteiger partial charge in [0.25, 0.3) is 5.91 Å². The maximum atomic E-state index is 12.7. The number of ether oxygens (including phenoxy) is 1. The van der Waals surface area contributed by atoms with E-state index in [1.165, 1.54) is 0 Å². The lowest BCUT2D eigenvalue weighted by molar-refractivity contribution is -0.138. The van der Waals surface area contributed by atoms with Gasteiger partial charge in [0.05, 0.1) is 19.6 Å². The van der Waals surface area contributed by atoms with Crippen molar-refractivity contribution in [3.63, 3.8) is 0 Å². The summed E-state index contributed by atoms with van der Waals surface area (Å²) < 4.78 is 6.50. The van der Waals surface area contributed by atoms with Gasteiger partial charge < -0.3 is 14.7 Å². The maximum Gasteiger partial charge on any atom is 0.305 e. The minimum Gasteiger partial charge on any atom is -0.481 e. The van der Waals surface area contributed by atoms with Crippen LogP contribution in [0.5, 0.6) is 0 Å². The summed E-state index contributed by atoms with van der Waals surface area (Å²) >= 11 is 1.61. The molecule has 1 aliphatic rings. The van der Waals surface area contributed by atoms with Crippen molar-refractivity contribution in [2.75, 3.05) is 38.8 Å². The van der Waals surface area contributed by atoms with Gasteiger partial charge in [-0.05, 0) is 29.7 Å². The second kappa shape index (κ2) is 9.97. The van der Waals surface area contributed by atoms with E-state index in [9.17, 15) is 9.59 Å². The molecule has 0 bridgehead atoms. The fourth-order valence-electron chi connectivity index (χ4n) is 3.52. The van der Waals surface area contributed by atoms with E-state index >= 15 is 0 Å². The molecule has 170 valence electrons. The Kier molecular flexibility index (Phi) is 6.86. The van der Waals surface area contributed by atoms with E-state index in [1.54, 1.807) is 23.3 Å². The highest BCUT2D eigenvalue weighted by molar-refractivity contribution is 7.19. The molecule has 1 aromatic heterocycles. The minimum atomic E-state index is -0.856. The van der Waals surface area contributed by atoms with Gasteiger partial charge in [-0.25, -0.2) is 4.99 Å². The van der Waals surface area contributed by atoms with Gasteiger partial charge in [0, 0.05) is 41.5 Å². The number of amides is 1. The largest absolute Gasteiger partial charge is 0.481 e. The molecule has 2 aromatic carbocycles. The first-order valence-electron chi connectivity index (χ1n) is 10.6. The molecule has 0 saturated heterocycles. The molecule has 7 nitrogen and oxygen atoms in total. The molecule has 33 heavy (non-hydrogen) atoms. The average molecular weight is 464 g/mol. The standard InChI is InChI=1S/C25H25N3O4S/c1-27(11-13-32-12-10-23(29)30)19-9-8-18-14-20(33-22(18)15-19)16-21-25(31)28(2)24(26-21)17-6-4-3-5-7-17/h3-9,14-16H,10-13H2,1-2H3,(H,29,30)/b21-16+. The van der Waals surface area contributed by atoms with Crippen LogP contribution in [0.15, 0.2) is 65.3 Å². The number of carboxylic acid groups (broad SMARTS) is 1. The number of fused-ring (bicyclic) bond motifs is 1. The van der Waals surface area contributed by atoms with Crippen molar-refractivity contribution in [1.29, 1.82) is 0 Å². The highest BCUT2D eigenvalue weighted by atomic mass is 32.1. The normalized spacial score (nSPS) is 14.8. The number of rotatable bonds is 9. The van der Waals surface area contributed by atoms with Gasteiger partial charge >= 0.3 is 5.97 Å². The van der Waals surface area contributed by atoms with Crippen LogP contribution in [0.2, 0.25) is 0 Å². The summed E-state index contributed by atoms with van der Waals surface area (Å²) in [6.07, 6.45) is 1.86. The monoisotopic (exact) mass is 463 g/mol. The van der Waals surface area contributed by atoms with Gasteiger partial charge in [-0.1, -0.05) is 36.4 Å². The van der Waals surface area contributed by atoms with Gasteiger partial charge in [-0.3, -0.25) is 14.5 Å². The average Bonchev–Trinajstić information content (AvgIpc) is 3.34. The van der Waals surface area contributed by atoms with E-state index in [4.69, 9.17) is 9.84 Å². The first-order valence-corrected chi connectivity index (χ1v) is 11.4. The topological polar surface area (TPSA) is 82.4 Å². The molecule has 1 N–H and O–H groups in total. The van der Waals surface area contributed by atoms with E-state index in [0.29, 0.717) is 24.7 Å². The predicted molar refractivity (Wildman–Crippen MR) is 132 cm³/mol. The molecule has 0 saturated carbocycles. The number of benzene rings is 2. The number of nitrogens with zero attached hydrogens (tertiary/aromatic N) is 3. The van der Waals surface area contributed by atoms with Crippen molar-refractivity contribution in [3.05, 3.63) is 70.7 Å². The van der Waals surface area contributed by atoms with Gasteiger partial charge in [0.2, 0.25) is 0 Å². The van der Waals surface area contributed by atoms with Crippen molar-refractivity contribution in [2.45, 2.75) is 6.42 Å². The molecule has 1 aliphatic heterocycles. The van der Waals surface area contributed by atoms with Crippen LogP contribution in [0.4, 0.5) is 5.69 Å². The molecule has 0 atom stereocenters. The summed E-state index contributed by atoms with van der Waals surface area (Å²) in [5.74, 6) is -0.317. The van der Waals surface area contributed by atoms with Gasteiger partial charge in [-0.2, -0.15) is 0 Å². The van der Waals surface area contributed by atoms with E-state index in [0.717, 1.165) is 26.2 Å². The number of anilines is 1. The zero-order valence-corrected chi connectivity index (χ0v) is 19.3. The second-order valence-corrected chi connectivity index (χ2v) is 8.86. The summed E-state index contributed by atoms with van der Waals surface area (Å²) in [7, 11) is 3.72. The molecular weight excluding hydrogens is 438 g/mol. The molecule has 2 heterocycles. The van der Waals surface area contributed by atoms with Crippen molar-refractivity contribution in [1.82, 2.24) is 4.90 Å². The SMILES string of the molecule is CN1C(=O)/C(=C\c2cc3ccc(N(C)CCOCCC(=O)O)cc3s2)N=C1c1ccccc1. The summed E-state index contributed by atoms with van der Waals surface area (Å²) in [4.78, 5) is 32.5. The summed E-state index contributed by atoms with van der Waals surface area (Å²) in [5, 5.41) is 9.77. The molecule has 0 radical (unpaired) electrons. The first kappa shape index (κ1) is 22.7. The third-order valence-corrected chi connectivity index (χ3v) is 6.42. The Balaban J connectivity index is 1.48. The van der Waals surface area contributed by atoms with Gasteiger partial charge in [-0.15, -0.1) is 11.3 Å². The number of aliphatic imine (C=N–C) groups is 1. The Bertz CT molecular complexity index is 1230. The summed E-state index contributed by atoms with van der Waals surface area (Å²) in [5.41, 5.74) is 2.39. The van der Waals surface area contributed by atoms with Gasteiger partial charge in [0.15, 0.2) is 0 Å². The number of carbonyl (C=O) groups excluding carboxylic acids is 1. The molecule has 0 spiro atoms. The quantitative estimate of drug-likeness (QED) is 0.382. The van der Waals surface area contributed by atoms with Crippen molar-refractivity contribution in [2.24, 2.45) is 4.99 Å². The molecule has 0 unspecified atom stereocenters. The zero-order valence-electron chi connectivity index (χ0n) is 18.5. The Morgan fingerprint density at radius 1 is 1.18 bits per heavy atom. The van der Waals surface area contributed by atoms with Crippen LogP contribution >= 0.6 is 11.3 Å². The maximum absolute atomic E-state index is 12.7. The molecule has 0 aliphatic carbocycles. The van der Waals surface area contributed by atoms with Crippen LogP contribution in [0.25, 0.3) is 16.2 Å². The van der Waals surface area contributed by atoms with Gasteiger partial charge in [0.1, 0.15) is 11.5 Å². The minimum absolute atomic E-state index is 0.0122. The smallest absolute Gasteiger partial charge is 0.305 e. The van der Waals surface area contributed by atoms with E-state index in [-0.39, 0.29) is 18.9 Å². The Hall–Kier alpha value is -3.49. The molecule has 8 heteroatoms. The van der Waals surface area contributed by atoms with Crippen LogP contribution in [0, 0.1) is 0 Å². The number of likely N-dealkylation sites (N-methyl/N-ethyl adjacent to an activating group) is 2. The molecule has 1 amide bonds. The number of carboxylic acids is 1. The Morgan fingerprint density at radius 3 is 2.73 bits per heavy atom. The third kappa shape index (κ3) is 5.30. The van der Waals surface area contributed by atoms with Crippen molar-refractivity contribution in [3.8, 4) is 0 Å². The molecule has 3 aromatic rings. The Labute approximate surface area is 196 Å². The van der Waals surface area contributed by atoms with E-state index in [2.05, 4.69) is 28.1 Å². The fourth-order valence-corrected chi connectivity index (χ4v) is 4.56. The predicted octanol–water partition coefficient (Wildman–Crippen LogP) is 4.09. The van der Waals surface area contributed by atoms with E-state index in [1.807, 2.05) is 49.5 Å². The Morgan fingerprint density at radius 2 is 1.97 bits per heavy atom. The van der Waals surface area contributed by atoms with Crippen LogP contribution in [0.3, 0.4) is 0 Å². The molecule has 4 rings (SSSR count). The molecular formula is C25H25N3O4S. The number of carbonyl (C=O) groups is 2. The second-order valence-electron chi connectivity index (χ2n) is 7.74. The summed E-state index contributed by atoms with van der Waals surface area (Å²) in [6.45, 7) is 1.33. The number of hydrogen-bond acceptors (Lipinski definition) is 6. The van der Waals surface area contributed by atoms with Crippen LogP contribution in [0.1, 0.15) is 16.9 Å². The number of amidine groups is 1. The zero-order chi connectivity index (χ0) is 23.4. The lowest BCUT2D eigenvalue weighted by Gasteiger charge is -2.19. The lowest BCUT2D eigenvalue weighted by atomic mass is 10.2. The lowest BCUT2D eigenvalue weighted by Crippen LogP contribution is -2.28. The van der Waals surface area contributed by atoms with Crippen molar-refractivity contribution >= 4 is 50.9 Å². The van der Waals surface area contributed by atoms with Crippen LogP contribution in [-0.2, 0) is 14.3 Å². The number of aliphatic carboxylic acids is 1. The third-order valence-electron chi connectivity index (χ3n) is 5.37.